The summed E-state index contributed by atoms with van der Waals surface area (Å²) in [4.78, 5) is 10.8. The Morgan fingerprint density at radius 2 is 2.06 bits per heavy atom. The van der Waals surface area contributed by atoms with Gasteiger partial charge in [-0.3, -0.25) is 10.1 Å². The maximum absolute atomic E-state index is 11.1. The van der Waals surface area contributed by atoms with E-state index >= 15 is 0 Å². The molecule has 3 rings (SSSR count). The summed E-state index contributed by atoms with van der Waals surface area (Å²) in [6.07, 6.45) is 8.12. The van der Waals surface area contributed by atoms with Crippen LogP contribution in [0.2, 0.25) is 0 Å². The standard InChI is InChI=1S/C14H14BrNO2/c15-11-1-2-13(16(17)18)12(9-11)10-3-5-14(6-4-10)7-8-14/h1-3,9H,4-8H2. The minimum absolute atomic E-state index is 0.219. The zero-order valence-corrected chi connectivity index (χ0v) is 11.6. The van der Waals surface area contributed by atoms with Crippen LogP contribution in [0.4, 0.5) is 5.69 Å². The Morgan fingerprint density at radius 1 is 1.28 bits per heavy atom. The maximum atomic E-state index is 11.1. The average molecular weight is 308 g/mol. The largest absolute Gasteiger partial charge is 0.276 e. The first-order chi connectivity index (χ1) is 8.60. The number of nitro benzene ring substituents is 1. The Labute approximate surface area is 114 Å². The number of allylic oxidation sites excluding steroid dienone is 2. The van der Waals surface area contributed by atoms with Crippen molar-refractivity contribution in [2.45, 2.75) is 32.1 Å². The molecule has 1 fully saturated rings. The monoisotopic (exact) mass is 307 g/mol. The number of hydrogen-bond acceptors (Lipinski definition) is 2. The van der Waals surface area contributed by atoms with Gasteiger partial charge in [-0.2, -0.15) is 0 Å². The molecule has 0 unspecified atom stereocenters. The molecule has 0 aromatic heterocycles. The fourth-order valence-corrected chi connectivity index (χ4v) is 3.10. The van der Waals surface area contributed by atoms with Crippen molar-refractivity contribution in [3.05, 3.63) is 44.4 Å². The lowest BCUT2D eigenvalue weighted by molar-refractivity contribution is -0.385. The molecule has 0 saturated heterocycles. The molecule has 0 radical (unpaired) electrons. The molecule has 1 saturated carbocycles. The summed E-state index contributed by atoms with van der Waals surface area (Å²) in [5.74, 6) is 0. The second kappa shape index (κ2) is 4.19. The van der Waals surface area contributed by atoms with Crippen molar-refractivity contribution >= 4 is 27.2 Å². The van der Waals surface area contributed by atoms with Gasteiger partial charge in [0.2, 0.25) is 0 Å². The highest BCUT2D eigenvalue weighted by molar-refractivity contribution is 9.10. The number of nitrogens with zero attached hydrogens (tertiary/aromatic N) is 1. The van der Waals surface area contributed by atoms with Crippen LogP contribution < -0.4 is 0 Å². The van der Waals surface area contributed by atoms with Crippen molar-refractivity contribution in [3.63, 3.8) is 0 Å². The lowest BCUT2D eigenvalue weighted by Gasteiger charge is -2.21. The molecule has 0 amide bonds. The van der Waals surface area contributed by atoms with Crippen LogP contribution in [0.5, 0.6) is 0 Å². The van der Waals surface area contributed by atoms with E-state index in [-0.39, 0.29) is 10.6 Å². The molecular formula is C14H14BrNO2. The van der Waals surface area contributed by atoms with Crippen LogP contribution in [-0.4, -0.2) is 4.92 Å². The molecule has 0 aliphatic heterocycles. The second-order valence-corrected chi connectivity index (χ2v) is 6.27. The number of nitro groups is 1. The molecule has 94 valence electrons. The van der Waals surface area contributed by atoms with E-state index in [9.17, 15) is 10.1 Å². The first-order valence-corrected chi connectivity index (χ1v) is 7.02. The predicted octanol–water partition coefficient (Wildman–Crippen LogP) is 4.70. The van der Waals surface area contributed by atoms with Crippen LogP contribution in [0.15, 0.2) is 28.7 Å². The van der Waals surface area contributed by atoms with Crippen LogP contribution in [-0.2, 0) is 0 Å². The fraction of sp³-hybridized carbons (Fsp3) is 0.429. The van der Waals surface area contributed by atoms with E-state index in [1.54, 1.807) is 12.1 Å². The van der Waals surface area contributed by atoms with E-state index in [0.29, 0.717) is 5.41 Å². The number of benzene rings is 1. The molecule has 0 atom stereocenters. The Balaban J connectivity index is 1.98. The first kappa shape index (κ1) is 11.9. The van der Waals surface area contributed by atoms with Gasteiger partial charge in [0.15, 0.2) is 0 Å². The molecule has 3 nitrogen and oxygen atoms in total. The Kier molecular flexibility index (Phi) is 2.77. The molecule has 2 aliphatic carbocycles. The number of halogens is 1. The van der Waals surface area contributed by atoms with Gasteiger partial charge in [-0.15, -0.1) is 0 Å². The smallest absolute Gasteiger partial charge is 0.258 e. The quantitative estimate of drug-likeness (QED) is 0.587. The molecule has 0 bridgehead atoms. The van der Waals surface area contributed by atoms with Crippen LogP contribution in [0.1, 0.15) is 37.7 Å². The number of hydrogen-bond donors (Lipinski definition) is 0. The lowest BCUT2D eigenvalue weighted by Crippen LogP contribution is -2.06. The molecule has 1 aromatic carbocycles. The third-order valence-electron chi connectivity index (χ3n) is 4.16. The molecule has 1 spiro atoms. The van der Waals surface area contributed by atoms with Crippen molar-refractivity contribution in [2.75, 3.05) is 0 Å². The highest BCUT2D eigenvalue weighted by Gasteiger charge is 2.43. The minimum Gasteiger partial charge on any atom is -0.258 e. The number of rotatable bonds is 2. The Morgan fingerprint density at radius 3 is 2.61 bits per heavy atom. The zero-order valence-electron chi connectivity index (χ0n) is 9.99. The minimum atomic E-state index is -0.288. The molecule has 18 heavy (non-hydrogen) atoms. The van der Waals surface area contributed by atoms with E-state index < -0.39 is 0 Å². The SMILES string of the molecule is O=[N+]([O-])c1ccc(Br)cc1C1=CCC2(CC1)CC2. The first-order valence-electron chi connectivity index (χ1n) is 6.23. The van der Waals surface area contributed by atoms with Crippen LogP contribution >= 0.6 is 15.9 Å². The third-order valence-corrected chi connectivity index (χ3v) is 4.66. The van der Waals surface area contributed by atoms with Gasteiger partial charge < -0.3 is 0 Å². The lowest BCUT2D eigenvalue weighted by atomic mass is 9.84. The summed E-state index contributed by atoms with van der Waals surface area (Å²) in [6.45, 7) is 0. The highest BCUT2D eigenvalue weighted by Crippen LogP contribution is 2.56. The van der Waals surface area contributed by atoms with E-state index in [1.165, 1.54) is 19.3 Å². The molecule has 4 heteroatoms. The normalized spacial score (nSPS) is 20.6. The van der Waals surface area contributed by atoms with Gasteiger partial charge in [-0.05, 0) is 55.2 Å². The average Bonchev–Trinajstić information content (AvgIpc) is 3.09. The molecule has 2 aliphatic rings. The van der Waals surface area contributed by atoms with Crippen LogP contribution in [0.3, 0.4) is 0 Å². The zero-order chi connectivity index (χ0) is 12.8. The van der Waals surface area contributed by atoms with E-state index in [2.05, 4.69) is 22.0 Å². The van der Waals surface area contributed by atoms with Crippen molar-refractivity contribution in [3.8, 4) is 0 Å². The van der Waals surface area contributed by atoms with Gasteiger partial charge in [-0.25, -0.2) is 0 Å². The van der Waals surface area contributed by atoms with E-state index in [0.717, 1.165) is 28.5 Å². The van der Waals surface area contributed by atoms with Crippen molar-refractivity contribution in [1.82, 2.24) is 0 Å². The van der Waals surface area contributed by atoms with Crippen LogP contribution in [0, 0.1) is 15.5 Å². The fourth-order valence-electron chi connectivity index (χ4n) is 2.74. The summed E-state index contributed by atoms with van der Waals surface area (Å²) >= 11 is 3.40. The highest BCUT2D eigenvalue weighted by atomic mass is 79.9. The molecule has 1 aromatic rings. The van der Waals surface area contributed by atoms with Gasteiger partial charge in [0.1, 0.15) is 0 Å². The molecular weight excluding hydrogens is 294 g/mol. The maximum Gasteiger partial charge on any atom is 0.276 e. The van der Waals surface area contributed by atoms with Gasteiger partial charge in [-0.1, -0.05) is 22.0 Å². The Bertz CT molecular complexity index is 547. The van der Waals surface area contributed by atoms with Gasteiger partial charge in [0.05, 0.1) is 10.5 Å². The van der Waals surface area contributed by atoms with Gasteiger partial charge in [0, 0.05) is 10.5 Å². The summed E-state index contributed by atoms with van der Waals surface area (Å²) in [6, 6.07) is 5.18. The van der Waals surface area contributed by atoms with E-state index in [1.807, 2.05) is 6.07 Å². The topological polar surface area (TPSA) is 43.1 Å². The summed E-state index contributed by atoms with van der Waals surface area (Å²) < 4.78 is 0.899. The van der Waals surface area contributed by atoms with Crippen molar-refractivity contribution < 1.29 is 4.92 Å². The predicted molar refractivity (Wildman–Crippen MR) is 74.3 cm³/mol. The third kappa shape index (κ3) is 2.09. The van der Waals surface area contributed by atoms with E-state index in [4.69, 9.17) is 0 Å². The molecule has 0 N–H and O–H groups in total. The summed E-state index contributed by atoms with van der Waals surface area (Å²) in [5, 5.41) is 11.1. The second-order valence-electron chi connectivity index (χ2n) is 5.35. The summed E-state index contributed by atoms with van der Waals surface area (Å²) in [7, 11) is 0. The van der Waals surface area contributed by atoms with Crippen LogP contribution in [0.25, 0.3) is 5.57 Å². The van der Waals surface area contributed by atoms with Gasteiger partial charge in [0.25, 0.3) is 5.69 Å². The summed E-state index contributed by atoms with van der Waals surface area (Å²) in [5.41, 5.74) is 2.70. The van der Waals surface area contributed by atoms with Crippen molar-refractivity contribution in [2.24, 2.45) is 5.41 Å². The Hall–Kier alpha value is -1.16. The van der Waals surface area contributed by atoms with Gasteiger partial charge >= 0.3 is 0 Å². The molecule has 0 heterocycles. The van der Waals surface area contributed by atoms with Crippen molar-refractivity contribution in [1.29, 1.82) is 0 Å².